The van der Waals surface area contributed by atoms with E-state index < -0.39 is 4.92 Å². The molecule has 0 unspecified atom stereocenters. The molecule has 0 aliphatic rings. The van der Waals surface area contributed by atoms with E-state index in [1.54, 1.807) is 36.4 Å². The summed E-state index contributed by atoms with van der Waals surface area (Å²) >= 11 is 1.37. The van der Waals surface area contributed by atoms with Gasteiger partial charge in [0, 0.05) is 17.8 Å². The Labute approximate surface area is 136 Å². The summed E-state index contributed by atoms with van der Waals surface area (Å²) in [5.41, 5.74) is 2.21. The number of hydrogen-bond acceptors (Lipinski definition) is 4. The normalized spacial score (nSPS) is 10.3. The Balaban J connectivity index is 1.86. The highest BCUT2D eigenvalue weighted by Gasteiger charge is 2.09. The lowest BCUT2D eigenvalue weighted by molar-refractivity contribution is -0.384. The zero-order chi connectivity index (χ0) is 16.2. The second-order valence-corrected chi connectivity index (χ2v) is 5.77. The van der Waals surface area contributed by atoms with Crippen LogP contribution in [0.2, 0.25) is 0 Å². The van der Waals surface area contributed by atoms with Gasteiger partial charge < -0.3 is 5.32 Å². The third-order valence-corrected chi connectivity index (χ3v) is 4.12. The van der Waals surface area contributed by atoms with E-state index in [9.17, 15) is 14.9 Å². The minimum Gasteiger partial charge on any atom is -0.321 e. The molecule has 0 atom stereocenters. The molecule has 0 bridgehead atoms. The molecule has 1 amide bonds. The Hall–Kier alpha value is -2.99. The van der Waals surface area contributed by atoms with Crippen LogP contribution in [0.5, 0.6) is 0 Å². The van der Waals surface area contributed by atoms with E-state index in [0.29, 0.717) is 10.6 Å². The molecule has 0 aliphatic heterocycles. The fourth-order valence-electron chi connectivity index (χ4n) is 2.18. The van der Waals surface area contributed by atoms with Crippen LogP contribution in [0.15, 0.2) is 66.0 Å². The highest BCUT2D eigenvalue weighted by atomic mass is 32.1. The van der Waals surface area contributed by atoms with Crippen LogP contribution in [-0.4, -0.2) is 10.8 Å². The Bertz CT molecular complexity index is 860. The molecule has 0 saturated carbocycles. The molecule has 1 N–H and O–H groups in total. The molecule has 0 radical (unpaired) electrons. The van der Waals surface area contributed by atoms with Crippen LogP contribution in [0.1, 0.15) is 9.67 Å². The number of thiophene rings is 1. The molecule has 6 heteroatoms. The predicted molar refractivity (Wildman–Crippen MR) is 90.8 cm³/mol. The number of carbonyl (C=O) groups is 1. The fraction of sp³-hybridized carbons (Fsp3) is 0. The Morgan fingerprint density at radius 3 is 2.43 bits per heavy atom. The summed E-state index contributed by atoms with van der Waals surface area (Å²) in [5, 5.41) is 15.5. The van der Waals surface area contributed by atoms with Crippen LogP contribution in [0.25, 0.3) is 11.1 Å². The SMILES string of the molecule is O=C(Nc1cccc(-c2cccc([N+](=O)[O-])c2)c1)c1cccs1. The number of benzene rings is 2. The summed E-state index contributed by atoms with van der Waals surface area (Å²) in [6, 6.07) is 17.2. The van der Waals surface area contributed by atoms with Gasteiger partial charge in [-0.25, -0.2) is 0 Å². The van der Waals surface area contributed by atoms with E-state index in [0.717, 1.165) is 11.1 Å². The number of hydrogen-bond donors (Lipinski definition) is 1. The van der Waals surface area contributed by atoms with Crippen LogP contribution < -0.4 is 5.32 Å². The first-order chi connectivity index (χ1) is 11.1. The summed E-state index contributed by atoms with van der Waals surface area (Å²) in [4.78, 5) is 23.2. The predicted octanol–water partition coefficient (Wildman–Crippen LogP) is 4.58. The largest absolute Gasteiger partial charge is 0.321 e. The van der Waals surface area contributed by atoms with Crippen LogP contribution in [-0.2, 0) is 0 Å². The van der Waals surface area contributed by atoms with Crippen molar-refractivity contribution in [2.45, 2.75) is 0 Å². The number of anilines is 1. The Kier molecular flexibility index (Phi) is 4.16. The summed E-state index contributed by atoms with van der Waals surface area (Å²) in [5.74, 6) is -0.170. The fourth-order valence-corrected chi connectivity index (χ4v) is 2.79. The maximum atomic E-state index is 12.1. The van der Waals surface area contributed by atoms with E-state index in [-0.39, 0.29) is 11.6 Å². The average molecular weight is 324 g/mol. The first kappa shape index (κ1) is 14.9. The van der Waals surface area contributed by atoms with Gasteiger partial charge in [-0.3, -0.25) is 14.9 Å². The van der Waals surface area contributed by atoms with Gasteiger partial charge in [0.2, 0.25) is 0 Å². The minimum atomic E-state index is -0.425. The lowest BCUT2D eigenvalue weighted by atomic mass is 10.0. The molecular weight excluding hydrogens is 312 g/mol. The summed E-state index contributed by atoms with van der Waals surface area (Å²) in [7, 11) is 0. The highest BCUT2D eigenvalue weighted by molar-refractivity contribution is 7.12. The average Bonchev–Trinajstić information content (AvgIpc) is 3.10. The molecule has 0 fully saturated rings. The Morgan fingerprint density at radius 1 is 1.00 bits per heavy atom. The van der Waals surface area contributed by atoms with Gasteiger partial charge in [-0.2, -0.15) is 0 Å². The van der Waals surface area contributed by atoms with Crippen molar-refractivity contribution in [2.24, 2.45) is 0 Å². The number of rotatable bonds is 4. The molecule has 3 aromatic rings. The zero-order valence-electron chi connectivity index (χ0n) is 11.9. The molecule has 0 saturated heterocycles. The number of nitrogens with zero attached hydrogens (tertiary/aromatic N) is 1. The molecule has 1 heterocycles. The molecule has 23 heavy (non-hydrogen) atoms. The number of carbonyl (C=O) groups excluding carboxylic acids is 1. The van der Waals surface area contributed by atoms with Gasteiger partial charge in [0.25, 0.3) is 11.6 Å². The summed E-state index contributed by atoms with van der Waals surface area (Å²) in [6.07, 6.45) is 0. The van der Waals surface area contributed by atoms with E-state index in [2.05, 4.69) is 5.32 Å². The van der Waals surface area contributed by atoms with Crippen molar-refractivity contribution in [1.29, 1.82) is 0 Å². The zero-order valence-corrected chi connectivity index (χ0v) is 12.7. The maximum absolute atomic E-state index is 12.1. The molecule has 3 rings (SSSR count). The molecule has 5 nitrogen and oxygen atoms in total. The van der Waals surface area contributed by atoms with Gasteiger partial charge >= 0.3 is 0 Å². The number of nitro benzene ring substituents is 1. The van der Waals surface area contributed by atoms with Crippen LogP contribution >= 0.6 is 11.3 Å². The maximum Gasteiger partial charge on any atom is 0.270 e. The van der Waals surface area contributed by atoms with Gasteiger partial charge in [0.1, 0.15) is 0 Å². The van der Waals surface area contributed by atoms with E-state index >= 15 is 0 Å². The number of nitrogens with one attached hydrogen (secondary N) is 1. The van der Waals surface area contributed by atoms with E-state index in [4.69, 9.17) is 0 Å². The first-order valence-corrected chi connectivity index (χ1v) is 7.71. The lowest BCUT2D eigenvalue weighted by Crippen LogP contribution is -2.09. The second-order valence-electron chi connectivity index (χ2n) is 4.82. The summed E-state index contributed by atoms with van der Waals surface area (Å²) < 4.78 is 0. The standard InChI is InChI=1S/C17H12N2O3S/c20-17(16-8-3-9-23-16)18-14-6-1-4-12(10-14)13-5-2-7-15(11-13)19(21)22/h1-11H,(H,18,20). The molecule has 0 aliphatic carbocycles. The second kappa shape index (κ2) is 6.41. The van der Waals surface area contributed by atoms with Crippen molar-refractivity contribution in [1.82, 2.24) is 0 Å². The van der Waals surface area contributed by atoms with Crippen LogP contribution in [0.3, 0.4) is 0 Å². The van der Waals surface area contributed by atoms with Crippen molar-refractivity contribution in [2.75, 3.05) is 5.32 Å². The highest BCUT2D eigenvalue weighted by Crippen LogP contribution is 2.26. The third-order valence-electron chi connectivity index (χ3n) is 3.26. The molecule has 2 aromatic carbocycles. The number of non-ortho nitro benzene ring substituents is 1. The van der Waals surface area contributed by atoms with Crippen LogP contribution in [0, 0.1) is 10.1 Å². The van der Waals surface area contributed by atoms with Gasteiger partial charge in [-0.05, 0) is 34.7 Å². The van der Waals surface area contributed by atoms with Gasteiger partial charge in [0.05, 0.1) is 9.80 Å². The van der Waals surface area contributed by atoms with E-state index in [1.807, 2.05) is 17.5 Å². The van der Waals surface area contributed by atoms with Crippen molar-refractivity contribution >= 4 is 28.6 Å². The molecule has 114 valence electrons. The molecule has 1 aromatic heterocycles. The molecule has 0 spiro atoms. The lowest BCUT2D eigenvalue weighted by Gasteiger charge is -2.07. The minimum absolute atomic E-state index is 0.0375. The topological polar surface area (TPSA) is 72.2 Å². The van der Waals surface area contributed by atoms with Crippen molar-refractivity contribution in [3.63, 3.8) is 0 Å². The van der Waals surface area contributed by atoms with Crippen molar-refractivity contribution in [3.05, 3.63) is 81.0 Å². The first-order valence-electron chi connectivity index (χ1n) is 6.83. The Morgan fingerprint density at radius 2 is 1.74 bits per heavy atom. The van der Waals surface area contributed by atoms with Gasteiger partial charge in [-0.1, -0.05) is 30.3 Å². The summed E-state index contributed by atoms with van der Waals surface area (Å²) in [6.45, 7) is 0. The van der Waals surface area contributed by atoms with Gasteiger partial charge in [-0.15, -0.1) is 11.3 Å². The molecular formula is C17H12N2O3S. The van der Waals surface area contributed by atoms with Crippen molar-refractivity contribution < 1.29 is 9.72 Å². The van der Waals surface area contributed by atoms with Gasteiger partial charge in [0.15, 0.2) is 0 Å². The smallest absolute Gasteiger partial charge is 0.270 e. The number of amides is 1. The third kappa shape index (κ3) is 3.44. The quantitative estimate of drug-likeness (QED) is 0.564. The monoisotopic (exact) mass is 324 g/mol. The van der Waals surface area contributed by atoms with Crippen molar-refractivity contribution in [3.8, 4) is 11.1 Å². The van der Waals surface area contributed by atoms with Crippen LogP contribution in [0.4, 0.5) is 11.4 Å². The number of nitro groups is 1. The van der Waals surface area contributed by atoms with E-state index in [1.165, 1.54) is 23.5 Å².